The van der Waals surface area contributed by atoms with Gasteiger partial charge in [-0.25, -0.2) is 0 Å². The Morgan fingerprint density at radius 2 is 2.10 bits per heavy atom. The first kappa shape index (κ1) is 13.6. The van der Waals surface area contributed by atoms with Crippen molar-refractivity contribution in [2.75, 3.05) is 6.54 Å². The van der Waals surface area contributed by atoms with Crippen LogP contribution in [0.3, 0.4) is 0 Å². The van der Waals surface area contributed by atoms with Crippen molar-refractivity contribution >= 4 is 5.91 Å². The third-order valence-corrected chi connectivity index (χ3v) is 4.09. The summed E-state index contributed by atoms with van der Waals surface area (Å²) < 4.78 is 0. The van der Waals surface area contributed by atoms with Crippen LogP contribution in [-0.2, 0) is 11.3 Å². The lowest BCUT2D eigenvalue weighted by Crippen LogP contribution is -2.34. The SMILES string of the molecule is Cc1cccc(CN(C(=O)CCNC2CC2)C2CC2)c1. The van der Waals surface area contributed by atoms with Gasteiger partial charge in [0, 0.05) is 31.6 Å². The van der Waals surface area contributed by atoms with Crippen LogP contribution in [0.4, 0.5) is 0 Å². The topological polar surface area (TPSA) is 32.3 Å². The average molecular weight is 272 g/mol. The van der Waals surface area contributed by atoms with Gasteiger partial charge >= 0.3 is 0 Å². The minimum absolute atomic E-state index is 0.308. The normalized spacial score (nSPS) is 18.1. The molecule has 3 nitrogen and oxygen atoms in total. The van der Waals surface area contributed by atoms with Gasteiger partial charge in [-0.15, -0.1) is 0 Å². The number of hydrogen-bond acceptors (Lipinski definition) is 2. The predicted octanol–water partition coefficient (Wildman–Crippen LogP) is 2.63. The molecule has 2 aliphatic rings. The van der Waals surface area contributed by atoms with Gasteiger partial charge in [0.25, 0.3) is 0 Å². The van der Waals surface area contributed by atoms with Gasteiger partial charge in [-0.1, -0.05) is 29.8 Å². The van der Waals surface area contributed by atoms with E-state index in [1.807, 2.05) is 0 Å². The predicted molar refractivity (Wildman–Crippen MR) is 80.4 cm³/mol. The van der Waals surface area contributed by atoms with Crippen molar-refractivity contribution in [3.63, 3.8) is 0 Å². The van der Waals surface area contributed by atoms with Gasteiger partial charge in [0.1, 0.15) is 0 Å². The van der Waals surface area contributed by atoms with Crippen LogP contribution in [0.15, 0.2) is 24.3 Å². The van der Waals surface area contributed by atoms with Crippen molar-refractivity contribution < 1.29 is 4.79 Å². The first-order valence-electron chi connectivity index (χ1n) is 7.81. The van der Waals surface area contributed by atoms with Gasteiger partial charge in [-0.3, -0.25) is 4.79 Å². The largest absolute Gasteiger partial charge is 0.335 e. The average Bonchev–Trinajstić information content (AvgIpc) is 3.28. The van der Waals surface area contributed by atoms with Crippen LogP contribution in [-0.4, -0.2) is 29.4 Å². The zero-order valence-electron chi connectivity index (χ0n) is 12.3. The van der Waals surface area contributed by atoms with Gasteiger partial charge < -0.3 is 10.2 Å². The first-order chi connectivity index (χ1) is 9.72. The highest BCUT2D eigenvalue weighted by molar-refractivity contribution is 5.77. The lowest BCUT2D eigenvalue weighted by Gasteiger charge is -2.23. The second-order valence-electron chi connectivity index (χ2n) is 6.22. The summed E-state index contributed by atoms with van der Waals surface area (Å²) >= 11 is 0. The van der Waals surface area contributed by atoms with E-state index in [1.54, 1.807) is 0 Å². The quantitative estimate of drug-likeness (QED) is 0.827. The van der Waals surface area contributed by atoms with Gasteiger partial charge in [-0.05, 0) is 38.2 Å². The molecule has 1 aromatic carbocycles. The number of rotatable bonds is 7. The molecule has 108 valence electrons. The van der Waals surface area contributed by atoms with Crippen LogP contribution >= 0.6 is 0 Å². The highest BCUT2D eigenvalue weighted by atomic mass is 16.2. The Morgan fingerprint density at radius 1 is 1.30 bits per heavy atom. The maximum absolute atomic E-state index is 12.4. The fourth-order valence-corrected chi connectivity index (χ4v) is 2.63. The highest BCUT2D eigenvalue weighted by Gasteiger charge is 2.32. The fraction of sp³-hybridized carbons (Fsp3) is 0.588. The summed E-state index contributed by atoms with van der Waals surface area (Å²) in [4.78, 5) is 14.5. The fourth-order valence-electron chi connectivity index (χ4n) is 2.63. The summed E-state index contributed by atoms with van der Waals surface area (Å²) in [6.07, 6.45) is 5.55. The van der Waals surface area contributed by atoms with E-state index in [0.717, 1.165) is 13.1 Å². The van der Waals surface area contributed by atoms with Crippen molar-refractivity contribution in [1.82, 2.24) is 10.2 Å². The second-order valence-corrected chi connectivity index (χ2v) is 6.22. The molecule has 1 aromatic rings. The van der Waals surface area contributed by atoms with Crippen molar-refractivity contribution in [3.8, 4) is 0 Å². The molecular weight excluding hydrogens is 248 g/mol. The number of hydrogen-bond donors (Lipinski definition) is 1. The van der Waals surface area contributed by atoms with E-state index in [4.69, 9.17) is 0 Å². The Hall–Kier alpha value is -1.35. The Kier molecular flexibility index (Phi) is 4.06. The maximum Gasteiger partial charge on any atom is 0.224 e. The van der Waals surface area contributed by atoms with Crippen molar-refractivity contribution in [1.29, 1.82) is 0 Å². The van der Waals surface area contributed by atoms with Gasteiger partial charge in [-0.2, -0.15) is 0 Å². The smallest absolute Gasteiger partial charge is 0.224 e. The summed E-state index contributed by atoms with van der Waals surface area (Å²) in [6.45, 7) is 3.71. The lowest BCUT2D eigenvalue weighted by molar-refractivity contribution is -0.132. The molecule has 2 saturated carbocycles. The molecule has 1 N–H and O–H groups in total. The number of nitrogens with zero attached hydrogens (tertiary/aromatic N) is 1. The molecule has 0 heterocycles. The molecule has 2 fully saturated rings. The van der Waals surface area contributed by atoms with Crippen molar-refractivity contribution in [2.45, 2.75) is 57.7 Å². The number of amides is 1. The monoisotopic (exact) mass is 272 g/mol. The molecule has 0 bridgehead atoms. The molecule has 3 rings (SSSR count). The zero-order chi connectivity index (χ0) is 13.9. The molecule has 0 atom stereocenters. The summed E-state index contributed by atoms with van der Waals surface area (Å²) in [6, 6.07) is 9.67. The van der Waals surface area contributed by atoms with Crippen molar-refractivity contribution in [2.24, 2.45) is 0 Å². The van der Waals surface area contributed by atoms with E-state index in [2.05, 4.69) is 41.4 Å². The molecule has 0 radical (unpaired) electrons. The minimum atomic E-state index is 0.308. The van der Waals surface area contributed by atoms with Crippen LogP contribution in [0, 0.1) is 6.92 Å². The molecule has 3 heteroatoms. The van der Waals surface area contributed by atoms with E-state index in [9.17, 15) is 4.79 Å². The molecule has 2 aliphatic carbocycles. The number of carbonyl (C=O) groups excluding carboxylic acids is 1. The number of carbonyl (C=O) groups is 1. The van der Waals surface area contributed by atoms with Crippen LogP contribution in [0.1, 0.15) is 43.2 Å². The van der Waals surface area contributed by atoms with Crippen LogP contribution in [0.5, 0.6) is 0 Å². The van der Waals surface area contributed by atoms with E-state index < -0.39 is 0 Å². The van der Waals surface area contributed by atoms with E-state index in [1.165, 1.54) is 36.8 Å². The molecule has 20 heavy (non-hydrogen) atoms. The van der Waals surface area contributed by atoms with Crippen LogP contribution in [0.25, 0.3) is 0 Å². The standard InChI is InChI=1S/C17H24N2O/c1-13-3-2-4-14(11-13)12-19(16-7-8-16)17(20)9-10-18-15-5-6-15/h2-4,11,15-16,18H,5-10,12H2,1H3. The Morgan fingerprint density at radius 3 is 2.75 bits per heavy atom. The van der Waals surface area contributed by atoms with E-state index in [0.29, 0.717) is 24.4 Å². The number of benzene rings is 1. The maximum atomic E-state index is 12.4. The second kappa shape index (κ2) is 5.96. The first-order valence-corrected chi connectivity index (χ1v) is 7.81. The van der Waals surface area contributed by atoms with Crippen LogP contribution in [0.2, 0.25) is 0 Å². The molecular formula is C17H24N2O. The molecule has 0 saturated heterocycles. The Bertz CT molecular complexity index is 478. The summed E-state index contributed by atoms with van der Waals surface area (Å²) in [7, 11) is 0. The summed E-state index contributed by atoms with van der Waals surface area (Å²) in [5, 5.41) is 3.43. The highest BCUT2D eigenvalue weighted by Crippen LogP contribution is 2.29. The molecule has 0 unspecified atom stereocenters. The van der Waals surface area contributed by atoms with E-state index in [-0.39, 0.29) is 0 Å². The van der Waals surface area contributed by atoms with E-state index >= 15 is 0 Å². The Labute approximate surface area is 121 Å². The van der Waals surface area contributed by atoms with Crippen molar-refractivity contribution in [3.05, 3.63) is 35.4 Å². The summed E-state index contributed by atoms with van der Waals surface area (Å²) in [5.74, 6) is 0.308. The van der Waals surface area contributed by atoms with Gasteiger partial charge in [0.15, 0.2) is 0 Å². The molecule has 0 aromatic heterocycles. The third kappa shape index (κ3) is 3.83. The molecule has 0 spiro atoms. The lowest BCUT2D eigenvalue weighted by atomic mass is 10.1. The number of aryl methyl sites for hydroxylation is 1. The van der Waals surface area contributed by atoms with Crippen LogP contribution < -0.4 is 5.32 Å². The van der Waals surface area contributed by atoms with Gasteiger partial charge in [0.2, 0.25) is 5.91 Å². The van der Waals surface area contributed by atoms with Gasteiger partial charge in [0.05, 0.1) is 0 Å². The zero-order valence-corrected chi connectivity index (χ0v) is 12.3. The minimum Gasteiger partial charge on any atom is -0.335 e. The Balaban J connectivity index is 1.55. The molecule has 0 aliphatic heterocycles. The number of nitrogens with one attached hydrogen (secondary N) is 1. The summed E-state index contributed by atoms with van der Waals surface area (Å²) in [5.41, 5.74) is 2.52. The third-order valence-electron chi connectivity index (χ3n) is 4.09. The molecule has 1 amide bonds.